The lowest BCUT2D eigenvalue weighted by Gasteiger charge is -2.11. The zero-order chi connectivity index (χ0) is 14.2. The van der Waals surface area contributed by atoms with Crippen LogP contribution in [-0.4, -0.2) is 18.3 Å². The molecule has 2 aromatic rings. The van der Waals surface area contributed by atoms with Crippen molar-refractivity contribution in [1.29, 1.82) is 0 Å². The first-order valence-corrected chi connectivity index (χ1v) is 6.99. The van der Waals surface area contributed by atoms with E-state index in [2.05, 4.69) is 24.4 Å². The minimum atomic E-state index is 0.127. The van der Waals surface area contributed by atoms with E-state index in [0.29, 0.717) is 6.42 Å². The Kier molecular flexibility index (Phi) is 5.59. The monoisotopic (exact) mass is 271 g/mol. The number of hydrogen-bond acceptors (Lipinski definition) is 3. The average molecular weight is 271 g/mol. The Morgan fingerprint density at radius 2 is 1.80 bits per heavy atom. The summed E-state index contributed by atoms with van der Waals surface area (Å²) in [6.45, 7) is 4.06. The van der Waals surface area contributed by atoms with Gasteiger partial charge in [-0.15, -0.1) is 0 Å². The molecular formula is C17H21NO2. The Labute approximate surface area is 120 Å². The van der Waals surface area contributed by atoms with Crippen LogP contribution in [-0.2, 0) is 13.0 Å². The highest BCUT2D eigenvalue weighted by molar-refractivity contribution is 5.38. The van der Waals surface area contributed by atoms with E-state index in [1.807, 2.05) is 36.4 Å². The molecule has 0 aliphatic heterocycles. The van der Waals surface area contributed by atoms with Gasteiger partial charge in [0.1, 0.15) is 11.5 Å². The molecule has 2 aromatic carbocycles. The molecule has 2 rings (SSSR count). The number of benzene rings is 2. The van der Waals surface area contributed by atoms with E-state index in [0.717, 1.165) is 30.2 Å². The number of hydrogen-bond donors (Lipinski definition) is 2. The molecule has 0 aliphatic carbocycles. The summed E-state index contributed by atoms with van der Waals surface area (Å²) < 4.78 is 5.89. The SMILES string of the molecule is CCNCc1ccc(Oc2ccccc2CCO)cc1. The Hall–Kier alpha value is -1.84. The molecule has 3 nitrogen and oxygen atoms in total. The minimum Gasteiger partial charge on any atom is -0.457 e. The Morgan fingerprint density at radius 3 is 2.50 bits per heavy atom. The molecule has 0 atom stereocenters. The highest BCUT2D eigenvalue weighted by Gasteiger charge is 2.04. The van der Waals surface area contributed by atoms with Gasteiger partial charge < -0.3 is 15.2 Å². The van der Waals surface area contributed by atoms with Gasteiger partial charge in [0.2, 0.25) is 0 Å². The second-order valence-corrected chi connectivity index (χ2v) is 4.61. The van der Waals surface area contributed by atoms with Gasteiger partial charge in [0.25, 0.3) is 0 Å². The predicted octanol–water partition coefficient (Wildman–Crippen LogP) is 3.12. The van der Waals surface area contributed by atoms with Gasteiger partial charge in [-0.25, -0.2) is 0 Å². The molecule has 0 bridgehead atoms. The molecule has 0 aliphatic rings. The van der Waals surface area contributed by atoms with E-state index in [1.54, 1.807) is 0 Å². The average Bonchev–Trinajstić information content (AvgIpc) is 2.49. The van der Waals surface area contributed by atoms with E-state index in [4.69, 9.17) is 9.84 Å². The summed E-state index contributed by atoms with van der Waals surface area (Å²) in [5.74, 6) is 1.62. The fourth-order valence-electron chi connectivity index (χ4n) is 2.00. The van der Waals surface area contributed by atoms with E-state index in [-0.39, 0.29) is 6.61 Å². The quantitative estimate of drug-likeness (QED) is 0.813. The summed E-state index contributed by atoms with van der Waals surface area (Å²) in [6.07, 6.45) is 0.606. The Balaban J connectivity index is 2.06. The van der Waals surface area contributed by atoms with Crippen LogP contribution >= 0.6 is 0 Å². The molecule has 0 unspecified atom stereocenters. The molecule has 0 aromatic heterocycles. The minimum absolute atomic E-state index is 0.127. The van der Waals surface area contributed by atoms with Gasteiger partial charge in [0, 0.05) is 13.2 Å². The maximum absolute atomic E-state index is 9.07. The summed E-state index contributed by atoms with van der Waals surface area (Å²) in [6, 6.07) is 15.9. The first kappa shape index (κ1) is 14.6. The van der Waals surface area contributed by atoms with Gasteiger partial charge in [-0.05, 0) is 42.3 Å². The highest BCUT2D eigenvalue weighted by atomic mass is 16.5. The van der Waals surface area contributed by atoms with Crippen LogP contribution in [0.4, 0.5) is 0 Å². The summed E-state index contributed by atoms with van der Waals surface area (Å²) in [7, 11) is 0. The summed E-state index contributed by atoms with van der Waals surface area (Å²) >= 11 is 0. The molecule has 0 radical (unpaired) electrons. The number of rotatable bonds is 7. The largest absolute Gasteiger partial charge is 0.457 e. The molecule has 2 N–H and O–H groups in total. The first-order chi connectivity index (χ1) is 9.83. The summed E-state index contributed by atoms with van der Waals surface area (Å²) in [5, 5.41) is 12.4. The predicted molar refractivity (Wildman–Crippen MR) is 81.1 cm³/mol. The van der Waals surface area contributed by atoms with Crippen LogP contribution in [0, 0.1) is 0 Å². The summed E-state index contributed by atoms with van der Waals surface area (Å²) in [4.78, 5) is 0. The molecule has 106 valence electrons. The van der Waals surface area contributed by atoms with Crippen molar-refractivity contribution in [3.8, 4) is 11.5 Å². The smallest absolute Gasteiger partial charge is 0.130 e. The van der Waals surface area contributed by atoms with Crippen molar-refractivity contribution in [3.05, 3.63) is 59.7 Å². The third-order valence-electron chi connectivity index (χ3n) is 3.08. The fourth-order valence-corrected chi connectivity index (χ4v) is 2.00. The standard InChI is InChI=1S/C17H21NO2/c1-2-18-13-14-7-9-16(10-8-14)20-17-6-4-3-5-15(17)11-12-19/h3-10,18-19H,2,11-13H2,1H3. The van der Waals surface area contributed by atoms with Crippen molar-refractivity contribution < 1.29 is 9.84 Å². The van der Waals surface area contributed by atoms with Gasteiger partial charge in [-0.2, -0.15) is 0 Å². The molecule has 0 amide bonds. The van der Waals surface area contributed by atoms with Gasteiger partial charge in [0.05, 0.1) is 0 Å². The van der Waals surface area contributed by atoms with Crippen LogP contribution < -0.4 is 10.1 Å². The van der Waals surface area contributed by atoms with Crippen LogP contribution in [0.25, 0.3) is 0 Å². The number of ether oxygens (including phenoxy) is 1. The molecule has 0 saturated heterocycles. The van der Waals surface area contributed by atoms with E-state index >= 15 is 0 Å². The van der Waals surface area contributed by atoms with Crippen LogP contribution in [0.1, 0.15) is 18.1 Å². The van der Waals surface area contributed by atoms with Gasteiger partial charge in [0.15, 0.2) is 0 Å². The molecule has 0 saturated carbocycles. The topological polar surface area (TPSA) is 41.5 Å². The van der Waals surface area contributed by atoms with Crippen LogP contribution in [0.3, 0.4) is 0 Å². The fraction of sp³-hybridized carbons (Fsp3) is 0.294. The van der Waals surface area contributed by atoms with Crippen LogP contribution in [0.15, 0.2) is 48.5 Å². The second kappa shape index (κ2) is 7.68. The third-order valence-corrected chi connectivity index (χ3v) is 3.08. The third kappa shape index (κ3) is 4.08. The maximum Gasteiger partial charge on any atom is 0.130 e. The first-order valence-electron chi connectivity index (χ1n) is 6.99. The molecular weight excluding hydrogens is 250 g/mol. The van der Waals surface area contributed by atoms with Crippen molar-refractivity contribution in [2.45, 2.75) is 19.9 Å². The molecule has 20 heavy (non-hydrogen) atoms. The molecule has 3 heteroatoms. The zero-order valence-corrected chi connectivity index (χ0v) is 11.8. The van der Waals surface area contributed by atoms with Crippen molar-refractivity contribution in [2.75, 3.05) is 13.2 Å². The number of aliphatic hydroxyl groups excluding tert-OH is 1. The van der Waals surface area contributed by atoms with Crippen LogP contribution in [0.2, 0.25) is 0 Å². The van der Waals surface area contributed by atoms with Crippen molar-refractivity contribution in [1.82, 2.24) is 5.32 Å². The molecule has 0 heterocycles. The van der Waals surface area contributed by atoms with Crippen molar-refractivity contribution in [3.63, 3.8) is 0 Å². The number of para-hydroxylation sites is 1. The lowest BCUT2D eigenvalue weighted by atomic mass is 10.1. The normalized spacial score (nSPS) is 10.5. The summed E-state index contributed by atoms with van der Waals surface area (Å²) in [5.41, 5.74) is 2.26. The van der Waals surface area contributed by atoms with Crippen molar-refractivity contribution >= 4 is 0 Å². The Bertz CT molecular complexity index is 523. The van der Waals surface area contributed by atoms with E-state index in [9.17, 15) is 0 Å². The Morgan fingerprint density at radius 1 is 1.05 bits per heavy atom. The van der Waals surface area contributed by atoms with Gasteiger partial charge >= 0.3 is 0 Å². The van der Waals surface area contributed by atoms with Gasteiger partial charge in [-0.3, -0.25) is 0 Å². The lowest BCUT2D eigenvalue weighted by molar-refractivity contribution is 0.298. The van der Waals surface area contributed by atoms with E-state index < -0.39 is 0 Å². The molecule has 0 fully saturated rings. The van der Waals surface area contributed by atoms with Crippen molar-refractivity contribution in [2.24, 2.45) is 0 Å². The number of aliphatic hydroxyl groups is 1. The number of nitrogens with one attached hydrogen (secondary N) is 1. The highest BCUT2D eigenvalue weighted by Crippen LogP contribution is 2.25. The van der Waals surface area contributed by atoms with Crippen LogP contribution in [0.5, 0.6) is 11.5 Å². The maximum atomic E-state index is 9.07. The van der Waals surface area contributed by atoms with Gasteiger partial charge in [-0.1, -0.05) is 37.3 Å². The zero-order valence-electron chi connectivity index (χ0n) is 11.8. The molecule has 0 spiro atoms. The lowest BCUT2D eigenvalue weighted by Crippen LogP contribution is -2.11. The van der Waals surface area contributed by atoms with E-state index in [1.165, 1.54) is 5.56 Å². The second-order valence-electron chi connectivity index (χ2n) is 4.61.